The number of para-hydroxylation sites is 1. The maximum absolute atomic E-state index is 10.6. The molecule has 0 saturated heterocycles. The first-order valence-corrected chi connectivity index (χ1v) is 8.17. The fourth-order valence-corrected chi connectivity index (χ4v) is 1.98. The van der Waals surface area contributed by atoms with Gasteiger partial charge in [-0.25, -0.2) is 14.6 Å². The van der Waals surface area contributed by atoms with Crippen molar-refractivity contribution in [3.63, 3.8) is 0 Å². The number of carbonyl (C=O) groups is 2. The number of aryl methyl sites for hydroxylation is 1. The minimum absolute atomic E-state index is 0.298. The molecule has 0 atom stereocenters. The van der Waals surface area contributed by atoms with Gasteiger partial charge in [-0.1, -0.05) is 24.8 Å². The van der Waals surface area contributed by atoms with E-state index in [4.69, 9.17) is 4.74 Å². The van der Waals surface area contributed by atoms with Crippen molar-refractivity contribution in [1.82, 2.24) is 4.98 Å². The zero-order chi connectivity index (χ0) is 19.4. The Labute approximate surface area is 153 Å². The van der Waals surface area contributed by atoms with Gasteiger partial charge in [-0.15, -0.1) is 0 Å². The third-order valence-corrected chi connectivity index (χ3v) is 3.03. The summed E-state index contributed by atoms with van der Waals surface area (Å²) in [6.45, 7) is 9.52. The molecule has 1 heterocycles. The van der Waals surface area contributed by atoms with E-state index in [0.29, 0.717) is 19.1 Å². The molecule has 6 nitrogen and oxygen atoms in total. The number of esters is 2. The normalized spacial score (nSPS) is 9.96. The number of ether oxygens (including phenoxy) is 3. The fraction of sp³-hybridized carbons (Fsp3) is 0.250. The first-order chi connectivity index (χ1) is 12.5. The summed E-state index contributed by atoms with van der Waals surface area (Å²) in [7, 11) is 0. The number of hydrogen-bond acceptors (Lipinski definition) is 6. The summed E-state index contributed by atoms with van der Waals surface area (Å²) >= 11 is 0. The van der Waals surface area contributed by atoms with Crippen molar-refractivity contribution in [1.29, 1.82) is 0 Å². The zero-order valence-electron chi connectivity index (χ0n) is 15.2. The van der Waals surface area contributed by atoms with Crippen molar-refractivity contribution in [2.75, 3.05) is 13.2 Å². The molecule has 2 rings (SSSR count). The number of hydrogen-bond donors (Lipinski definition) is 0. The van der Waals surface area contributed by atoms with E-state index >= 15 is 0 Å². The predicted octanol–water partition coefficient (Wildman–Crippen LogP) is 3.73. The lowest BCUT2D eigenvalue weighted by atomic mass is 10.1. The van der Waals surface area contributed by atoms with Crippen LogP contribution in [0.2, 0.25) is 0 Å². The van der Waals surface area contributed by atoms with Crippen LogP contribution in [0.4, 0.5) is 0 Å². The van der Waals surface area contributed by atoms with Crippen molar-refractivity contribution in [3.05, 3.63) is 60.9 Å². The Bertz CT molecular complexity index is 763. The SMILES string of the molecule is C=COc1cc(C)c2ccccc2n1.CCOC(=O)C=CC(=O)OCC. The van der Waals surface area contributed by atoms with Crippen molar-refractivity contribution in [2.24, 2.45) is 0 Å². The first-order valence-electron chi connectivity index (χ1n) is 8.17. The largest absolute Gasteiger partial charge is 0.463 e. The molecule has 0 aliphatic heterocycles. The number of benzene rings is 1. The van der Waals surface area contributed by atoms with E-state index in [1.165, 1.54) is 6.26 Å². The molecule has 26 heavy (non-hydrogen) atoms. The fourth-order valence-electron chi connectivity index (χ4n) is 1.98. The van der Waals surface area contributed by atoms with E-state index in [-0.39, 0.29) is 0 Å². The van der Waals surface area contributed by atoms with Crippen LogP contribution in [0.25, 0.3) is 10.9 Å². The van der Waals surface area contributed by atoms with Crippen LogP contribution in [0.15, 0.2) is 55.3 Å². The van der Waals surface area contributed by atoms with Gasteiger partial charge >= 0.3 is 11.9 Å². The summed E-state index contributed by atoms with van der Waals surface area (Å²) in [6.07, 6.45) is 3.47. The van der Waals surface area contributed by atoms with Crippen LogP contribution >= 0.6 is 0 Å². The lowest BCUT2D eigenvalue weighted by molar-refractivity contribution is -0.140. The molecule has 2 aromatic rings. The zero-order valence-corrected chi connectivity index (χ0v) is 15.2. The Kier molecular flexibility index (Phi) is 9.17. The average molecular weight is 357 g/mol. The molecule has 1 aromatic carbocycles. The molecule has 0 aliphatic rings. The predicted molar refractivity (Wildman–Crippen MR) is 99.7 cm³/mol. The summed E-state index contributed by atoms with van der Waals surface area (Å²) < 4.78 is 14.2. The Hall–Kier alpha value is -3.15. The molecule has 6 heteroatoms. The second kappa shape index (κ2) is 11.4. The molecule has 138 valence electrons. The summed E-state index contributed by atoms with van der Waals surface area (Å²) in [5, 5.41) is 1.16. The number of pyridine rings is 1. The second-order valence-corrected chi connectivity index (χ2v) is 4.92. The van der Waals surface area contributed by atoms with Crippen LogP contribution < -0.4 is 4.74 Å². The summed E-state index contributed by atoms with van der Waals surface area (Å²) in [5.41, 5.74) is 2.11. The number of carbonyl (C=O) groups excluding carboxylic acids is 2. The third kappa shape index (κ3) is 7.17. The minimum atomic E-state index is -0.537. The van der Waals surface area contributed by atoms with Gasteiger partial charge in [0.05, 0.1) is 25.0 Å². The quantitative estimate of drug-likeness (QED) is 0.445. The molecule has 0 saturated carbocycles. The van der Waals surface area contributed by atoms with Crippen LogP contribution in [0, 0.1) is 6.92 Å². The monoisotopic (exact) mass is 357 g/mol. The topological polar surface area (TPSA) is 74.7 Å². The molecule has 0 spiro atoms. The summed E-state index contributed by atoms with van der Waals surface area (Å²) in [6, 6.07) is 9.90. The van der Waals surface area contributed by atoms with Gasteiger partial charge < -0.3 is 14.2 Å². The van der Waals surface area contributed by atoms with Crippen LogP contribution in [0.5, 0.6) is 5.88 Å². The maximum atomic E-state index is 10.6. The van der Waals surface area contributed by atoms with Gasteiger partial charge in [0, 0.05) is 23.6 Å². The highest BCUT2D eigenvalue weighted by Gasteiger charge is 2.01. The van der Waals surface area contributed by atoms with Gasteiger partial charge in [0.25, 0.3) is 0 Å². The smallest absolute Gasteiger partial charge is 0.330 e. The second-order valence-electron chi connectivity index (χ2n) is 4.92. The third-order valence-electron chi connectivity index (χ3n) is 3.03. The lowest BCUT2D eigenvalue weighted by Crippen LogP contribution is -2.03. The highest BCUT2D eigenvalue weighted by molar-refractivity contribution is 5.91. The van der Waals surface area contributed by atoms with Gasteiger partial charge in [0.1, 0.15) is 0 Å². The van der Waals surface area contributed by atoms with Gasteiger partial charge in [0.15, 0.2) is 0 Å². The molecular weight excluding hydrogens is 334 g/mol. The van der Waals surface area contributed by atoms with Gasteiger partial charge in [-0.3, -0.25) is 0 Å². The highest BCUT2D eigenvalue weighted by Crippen LogP contribution is 2.20. The molecule has 0 amide bonds. The van der Waals surface area contributed by atoms with E-state index in [1.807, 2.05) is 31.2 Å². The van der Waals surface area contributed by atoms with Crippen molar-refractivity contribution >= 4 is 22.8 Å². The summed E-state index contributed by atoms with van der Waals surface area (Å²) in [5.74, 6) is -0.479. The molecule has 0 bridgehead atoms. The van der Waals surface area contributed by atoms with Crippen LogP contribution in [-0.4, -0.2) is 30.1 Å². The van der Waals surface area contributed by atoms with Gasteiger partial charge in [-0.2, -0.15) is 0 Å². The van der Waals surface area contributed by atoms with Crippen LogP contribution in [0.3, 0.4) is 0 Å². The molecule has 0 unspecified atom stereocenters. The lowest BCUT2D eigenvalue weighted by Gasteiger charge is -2.04. The summed E-state index contributed by atoms with van der Waals surface area (Å²) in [4.78, 5) is 25.6. The van der Waals surface area contributed by atoms with Crippen molar-refractivity contribution in [2.45, 2.75) is 20.8 Å². The Morgan fingerprint density at radius 3 is 2.19 bits per heavy atom. The minimum Gasteiger partial charge on any atom is -0.463 e. The van der Waals surface area contributed by atoms with Gasteiger partial charge in [-0.05, 0) is 32.4 Å². The highest BCUT2D eigenvalue weighted by atomic mass is 16.5. The molecular formula is C20H23NO5. The van der Waals surface area contributed by atoms with E-state index in [1.54, 1.807) is 13.8 Å². The Morgan fingerprint density at radius 1 is 1.08 bits per heavy atom. The number of rotatable bonds is 6. The van der Waals surface area contributed by atoms with E-state index < -0.39 is 11.9 Å². The van der Waals surface area contributed by atoms with E-state index in [0.717, 1.165) is 28.6 Å². The van der Waals surface area contributed by atoms with Gasteiger partial charge in [0.2, 0.25) is 5.88 Å². The average Bonchev–Trinajstić information content (AvgIpc) is 2.61. The number of aromatic nitrogens is 1. The number of nitrogens with zero attached hydrogens (tertiary/aromatic N) is 1. The number of fused-ring (bicyclic) bond motifs is 1. The van der Waals surface area contributed by atoms with Crippen molar-refractivity contribution < 1.29 is 23.8 Å². The van der Waals surface area contributed by atoms with E-state index in [2.05, 4.69) is 27.1 Å². The standard InChI is InChI=1S/C12H11NO.C8H12O4/c1-3-14-12-8-9(2)10-6-4-5-7-11(10)13-12;1-3-11-7(9)5-6-8(10)12-4-2/h3-8H,1H2,2H3;5-6H,3-4H2,1-2H3. The first kappa shape index (κ1) is 20.9. The Balaban J connectivity index is 0.000000265. The van der Waals surface area contributed by atoms with Crippen LogP contribution in [0.1, 0.15) is 19.4 Å². The van der Waals surface area contributed by atoms with Crippen LogP contribution in [-0.2, 0) is 19.1 Å². The van der Waals surface area contributed by atoms with E-state index in [9.17, 15) is 9.59 Å². The molecule has 1 aromatic heterocycles. The molecule has 0 aliphatic carbocycles. The maximum Gasteiger partial charge on any atom is 0.330 e. The van der Waals surface area contributed by atoms with Crippen molar-refractivity contribution in [3.8, 4) is 5.88 Å². The molecule has 0 N–H and O–H groups in total. The molecule has 0 fully saturated rings. The molecule has 0 radical (unpaired) electrons. The Morgan fingerprint density at radius 2 is 1.65 bits per heavy atom.